The Kier molecular flexibility index (Phi) is 15.1. The molecule has 1 aliphatic carbocycles. The highest BCUT2D eigenvalue weighted by Crippen LogP contribution is 2.40. The molecule has 0 spiro atoms. The zero-order valence-corrected chi connectivity index (χ0v) is 31.6. The van der Waals surface area contributed by atoms with E-state index in [0.717, 1.165) is 0 Å². The number of alkyl carbamates (subject to hydrolysis) is 2. The Morgan fingerprint density at radius 1 is 0.846 bits per heavy atom. The maximum atomic E-state index is 13.5. The van der Waals surface area contributed by atoms with E-state index in [0.29, 0.717) is 0 Å². The number of nitrogens with one attached hydrogen (secondary N) is 3. The van der Waals surface area contributed by atoms with E-state index in [1.165, 1.54) is 6.92 Å². The van der Waals surface area contributed by atoms with Gasteiger partial charge in [-0.2, -0.15) is 0 Å². The Labute approximate surface area is 305 Å². The van der Waals surface area contributed by atoms with Gasteiger partial charge in [-0.15, -0.1) is 0 Å². The van der Waals surface area contributed by atoms with Crippen LogP contribution in [0.3, 0.4) is 0 Å². The fourth-order valence-electron chi connectivity index (χ4n) is 6.90. The van der Waals surface area contributed by atoms with Gasteiger partial charge in [0, 0.05) is 18.5 Å². The third-order valence-electron chi connectivity index (χ3n) is 9.59. The maximum Gasteiger partial charge on any atom is 0.407 e. The Balaban J connectivity index is 1.98. The average Bonchev–Trinajstić information content (AvgIpc) is 3.02. The molecular formula is C34H62N4O14. The van der Waals surface area contributed by atoms with Gasteiger partial charge in [0.15, 0.2) is 6.29 Å². The molecule has 3 fully saturated rings. The van der Waals surface area contributed by atoms with Gasteiger partial charge in [0.05, 0.1) is 49.0 Å². The monoisotopic (exact) mass is 750 g/mol. The van der Waals surface area contributed by atoms with E-state index in [4.69, 9.17) is 29.4 Å². The van der Waals surface area contributed by atoms with Gasteiger partial charge in [-0.05, 0) is 60.3 Å². The van der Waals surface area contributed by atoms with Crippen LogP contribution >= 0.6 is 0 Å². The van der Waals surface area contributed by atoms with Crippen molar-refractivity contribution in [1.29, 1.82) is 0 Å². The number of hydrogen-bond acceptors (Lipinski definition) is 15. The van der Waals surface area contributed by atoms with Gasteiger partial charge in [0.25, 0.3) is 0 Å². The molecule has 0 bridgehead atoms. The lowest BCUT2D eigenvalue weighted by Crippen LogP contribution is -2.71. The summed E-state index contributed by atoms with van der Waals surface area (Å²) in [6.07, 6.45) is -14.7. The molecular weight excluding hydrogens is 688 g/mol. The largest absolute Gasteiger partial charge is 0.444 e. The minimum Gasteiger partial charge on any atom is -0.444 e. The van der Waals surface area contributed by atoms with Gasteiger partial charge >= 0.3 is 12.2 Å². The molecule has 302 valence electrons. The second-order valence-corrected chi connectivity index (χ2v) is 16.3. The predicted molar refractivity (Wildman–Crippen MR) is 183 cm³/mol. The van der Waals surface area contributed by atoms with Crippen LogP contribution in [0.4, 0.5) is 9.59 Å². The zero-order valence-electron chi connectivity index (χ0n) is 31.6. The van der Waals surface area contributed by atoms with Gasteiger partial charge in [-0.25, -0.2) is 9.59 Å². The molecule has 0 aromatic heterocycles. The van der Waals surface area contributed by atoms with Crippen molar-refractivity contribution >= 4 is 18.1 Å². The van der Waals surface area contributed by atoms with Crippen LogP contribution in [0.15, 0.2) is 0 Å². The highest BCUT2D eigenvalue weighted by atomic mass is 16.7. The summed E-state index contributed by atoms with van der Waals surface area (Å²) in [6.45, 7) is 14.4. The Bertz CT molecular complexity index is 1200. The lowest BCUT2D eigenvalue weighted by Gasteiger charge is -2.53. The van der Waals surface area contributed by atoms with E-state index in [-0.39, 0.29) is 19.4 Å². The minimum atomic E-state index is -1.60. The summed E-state index contributed by atoms with van der Waals surface area (Å²) in [5, 5.41) is 73.6. The number of aliphatic hydroxyl groups is 6. The molecule has 0 radical (unpaired) electrons. The summed E-state index contributed by atoms with van der Waals surface area (Å²) in [6, 6.07) is -3.49. The number of ether oxygens (including phenoxy) is 5. The third-order valence-corrected chi connectivity index (χ3v) is 9.59. The van der Waals surface area contributed by atoms with E-state index >= 15 is 0 Å². The van der Waals surface area contributed by atoms with Crippen LogP contribution in [0.5, 0.6) is 0 Å². The second-order valence-electron chi connectivity index (χ2n) is 16.3. The van der Waals surface area contributed by atoms with Crippen molar-refractivity contribution in [2.45, 2.75) is 166 Å². The number of aliphatic hydroxyl groups excluding tert-OH is 6. The number of carbonyl (C=O) groups is 3. The van der Waals surface area contributed by atoms with E-state index in [1.807, 2.05) is 0 Å². The number of nitrogens with two attached hydrogens (primary N) is 1. The molecule has 3 amide bonds. The Morgan fingerprint density at radius 3 is 2.00 bits per heavy atom. The fourth-order valence-corrected chi connectivity index (χ4v) is 6.90. The van der Waals surface area contributed by atoms with Gasteiger partial charge in [-0.3, -0.25) is 4.79 Å². The van der Waals surface area contributed by atoms with Crippen molar-refractivity contribution in [3.63, 3.8) is 0 Å². The van der Waals surface area contributed by atoms with Crippen LogP contribution in [0.25, 0.3) is 0 Å². The van der Waals surface area contributed by atoms with Crippen LogP contribution in [0, 0.1) is 17.8 Å². The van der Waals surface area contributed by atoms with Crippen molar-refractivity contribution in [1.82, 2.24) is 16.0 Å². The number of hydrogen-bond donors (Lipinski definition) is 10. The molecule has 3 aliphatic rings. The van der Waals surface area contributed by atoms with Gasteiger partial charge in [-0.1, -0.05) is 20.8 Å². The van der Waals surface area contributed by atoms with Gasteiger partial charge < -0.3 is 76.0 Å². The number of rotatable bonds is 10. The molecule has 2 heterocycles. The summed E-state index contributed by atoms with van der Waals surface area (Å²) < 4.78 is 28.9. The normalized spacial score (nSPS) is 39.2. The lowest BCUT2D eigenvalue weighted by atomic mass is 9.69. The lowest BCUT2D eigenvalue weighted by molar-refractivity contribution is -0.311. The van der Waals surface area contributed by atoms with Crippen LogP contribution in [0.1, 0.15) is 75.2 Å². The minimum absolute atomic E-state index is 0.132. The highest BCUT2D eigenvalue weighted by Gasteiger charge is 2.56. The van der Waals surface area contributed by atoms with E-state index in [2.05, 4.69) is 16.0 Å². The topological polar surface area (TPSA) is 281 Å². The first-order chi connectivity index (χ1) is 24.0. The molecule has 52 heavy (non-hydrogen) atoms. The molecule has 16 unspecified atom stereocenters. The van der Waals surface area contributed by atoms with Gasteiger partial charge in [0.2, 0.25) is 5.91 Å². The Morgan fingerprint density at radius 2 is 1.44 bits per heavy atom. The van der Waals surface area contributed by atoms with E-state index in [9.17, 15) is 45.0 Å². The molecule has 18 heteroatoms. The summed E-state index contributed by atoms with van der Waals surface area (Å²) in [4.78, 5) is 38.9. The summed E-state index contributed by atoms with van der Waals surface area (Å²) >= 11 is 0. The standard InChI is InChI=1S/C34H62N4O14/c1-10-17-23(41)26(44)21(38-29(45)15(3)12-36-31(46)51-33(4,5)6)28(48-17)19-16(37-32(47)52-34(7,8)9)11-14(2)27(24(19)42)50-30-25(43)20(35)22(40)18(13-39)49-30/h14-28,30,39-44H,10-13,35H2,1-9H3,(H,36,46)(H,37,47)(H,38,45). The summed E-state index contributed by atoms with van der Waals surface area (Å²) in [5.74, 6) is -3.15. The van der Waals surface area contributed by atoms with Crippen LogP contribution < -0.4 is 21.7 Å². The Hall–Kier alpha value is -2.39. The van der Waals surface area contributed by atoms with Crippen molar-refractivity contribution < 1.29 is 68.7 Å². The van der Waals surface area contributed by atoms with Gasteiger partial charge in [0.1, 0.15) is 41.7 Å². The average molecular weight is 751 g/mol. The summed E-state index contributed by atoms with van der Waals surface area (Å²) in [7, 11) is 0. The fraction of sp³-hybridized carbons (Fsp3) is 0.912. The first-order valence-electron chi connectivity index (χ1n) is 18.0. The molecule has 2 saturated heterocycles. The molecule has 18 nitrogen and oxygen atoms in total. The predicted octanol–water partition coefficient (Wildman–Crippen LogP) is -1.41. The third kappa shape index (κ3) is 11.1. The molecule has 11 N–H and O–H groups in total. The van der Waals surface area contributed by atoms with Crippen molar-refractivity contribution in [3.8, 4) is 0 Å². The van der Waals surface area contributed by atoms with E-state index < -0.39 is 133 Å². The van der Waals surface area contributed by atoms with Crippen LogP contribution in [0.2, 0.25) is 0 Å². The van der Waals surface area contributed by atoms with E-state index in [1.54, 1.807) is 55.4 Å². The zero-order chi connectivity index (χ0) is 39.5. The van der Waals surface area contributed by atoms with Crippen LogP contribution in [-0.4, -0.2) is 152 Å². The SMILES string of the molecule is CCC1OC(C2C(NC(=O)OC(C)(C)C)CC(C)C(OC3OC(CO)C(O)C(N)C3O)C2O)C(NC(=O)C(C)CNC(=O)OC(C)(C)C)C(O)C1O. The van der Waals surface area contributed by atoms with Crippen molar-refractivity contribution in [3.05, 3.63) is 0 Å². The van der Waals surface area contributed by atoms with Crippen LogP contribution in [-0.2, 0) is 28.5 Å². The molecule has 0 aromatic rings. The molecule has 16 atom stereocenters. The number of carbonyl (C=O) groups excluding carboxylic acids is 3. The maximum absolute atomic E-state index is 13.5. The first-order valence-corrected chi connectivity index (χ1v) is 18.0. The molecule has 1 saturated carbocycles. The molecule has 2 aliphatic heterocycles. The highest BCUT2D eigenvalue weighted by molar-refractivity contribution is 5.79. The second kappa shape index (κ2) is 17.8. The first kappa shape index (κ1) is 44.0. The smallest absolute Gasteiger partial charge is 0.407 e. The quantitative estimate of drug-likeness (QED) is 0.123. The molecule has 3 rings (SSSR count). The summed E-state index contributed by atoms with van der Waals surface area (Å²) in [5.41, 5.74) is 4.36. The molecule has 0 aromatic carbocycles. The number of amides is 3. The van der Waals surface area contributed by atoms with Crippen molar-refractivity contribution in [2.24, 2.45) is 23.5 Å². The van der Waals surface area contributed by atoms with Crippen molar-refractivity contribution in [2.75, 3.05) is 13.2 Å².